The summed E-state index contributed by atoms with van der Waals surface area (Å²) in [6, 6.07) is 18.0. The Labute approximate surface area is 218 Å². The fraction of sp³-hybridized carbons (Fsp3) is 0.333. The van der Waals surface area contributed by atoms with Gasteiger partial charge in [-0.15, -0.1) is 11.8 Å². The molecule has 9 nitrogen and oxygen atoms in total. The number of carbonyl (C=O) groups excluding carboxylic acids is 4. The molecule has 37 heavy (non-hydrogen) atoms. The number of esters is 1. The zero-order valence-electron chi connectivity index (χ0n) is 20.1. The molecule has 0 aromatic heterocycles. The summed E-state index contributed by atoms with van der Waals surface area (Å²) in [5.74, 6) is -0.742. The van der Waals surface area contributed by atoms with Crippen molar-refractivity contribution in [1.29, 1.82) is 0 Å². The van der Waals surface area contributed by atoms with Crippen LogP contribution in [-0.2, 0) is 23.9 Å². The van der Waals surface area contributed by atoms with Crippen LogP contribution in [0.1, 0.15) is 30.1 Å². The Kier molecular flexibility index (Phi) is 7.45. The third-order valence-corrected chi connectivity index (χ3v) is 7.99. The van der Waals surface area contributed by atoms with E-state index in [0.717, 1.165) is 24.0 Å². The summed E-state index contributed by atoms with van der Waals surface area (Å²) in [5, 5.41) is 2.09. The second-order valence-electron chi connectivity index (χ2n) is 8.98. The topological polar surface area (TPSA) is 105 Å². The molecule has 3 aliphatic rings. The monoisotopic (exact) mass is 521 g/mol. The van der Waals surface area contributed by atoms with E-state index in [1.165, 1.54) is 16.7 Å². The molecule has 3 heterocycles. The molecule has 0 saturated carbocycles. The van der Waals surface area contributed by atoms with Gasteiger partial charge in [-0.3, -0.25) is 14.5 Å². The molecule has 2 saturated heterocycles. The molecule has 0 aliphatic carbocycles. The maximum Gasteiger partial charge on any atom is 0.410 e. The lowest BCUT2D eigenvalue weighted by atomic mass is 10.0. The van der Waals surface area contributed by atoms with Gasteiger partial charge in [0.25, 0.3) is 5.91 Å². The van der Waals surface area contributed by atoms with Crippen molar-refractivity contribution in [3.05, 3.63) is 83.1 Å². The molecule has 0 unspecified atom stereocenters. The minimum absolute atomic E-state index is 0.0729. The van der Waals surface area contributed by atoms with Crippen molar-refractivity contribution in [3.63, 3.8) is 0 Å². The maximum atomic E-state index is 13.7. The molecule has 2 atom stereocenters. The van der Waals surface area contributed by atoms with Gasteiger partial charge in [0.1, 0.15) is 23.7 Å². The van der Waals surface area contributed by atoms with Crippen LogP contribution >= 0.6 is 11.8 Å². The first-order valence-electron chi connectivity index (χ1n) is 12.2. The van der Waals surface area contributed by atoms with Crippen molar-refractivity contribution in [1.82, 2.24) is 15.1 Å². The number of nitrogens with one attached hydrogen (secondary N) is 1. The molecule has 10 heteroatoms. The van der Waals surface area contributed by atoms with Crippen molar-refractivity contribution >= 4 is 36.1 Å². The Bertz CT molecular complexity index is 1160. The number of carbonyl (C=O) groups is 4. The van der Waals surface area contributed by atoms with Crippen molar-refractivity contribution in [3.8, 4) is 0 Å². The number of benzene rings is 2. The van der Waals surface area contributed by atoms with Crippen LogP contribution < -0.4 is 5.32 Å². The molecule has 2 aromatic rings. The molecule has 0 radical (unpaired) electrons. The summed E-state index contributed by atoms with van der Waals surface area (Å²) in [7, 11) is 0. The van der Waals surface area contributed by atoms with Crippen LogP contribution in [0.4, 0.5) is 4.79 Å². The molecule has 5 rings (SSSR count). The lowest BCUT2D eigenvalue weighted by Crippen LogP contribution is -2.69. The Hall–Kier alpha value is -3.79. The van der Waals surface area contributed by atoms with E-state index in [2.05, 4.69) is 5.32 Å². The summed E-state index contributed by atoms with van der Waals surface area (Å²) in [4.78, 5) is 53.2. The first-order valence-corrected chi connectivity index (χ1v) is 13.2. The van der Waals surface area contributed by atoms with E-state index >= 15 is 0 Å². The first-order chi connectivity index (χ1) is 18.1. The normalized spacial score (nSPS) is 20.8. The summed E-state index contributed by atoms with van der Waals surface area (Å²) in [6.45, 7) is 1.16. The number of amides is 3. The quantitative estimate of drug-likeness (QED) is 0.324. The van der Waals surface area contributed by atoms with Crippen molar-refractivity contribution in [2.24, 2.45) is 0 Å². The molecule has 192 valence electrons. The summed E-state index contributed by atoms with van der Waals surface area (Å²) in [6.07, 6.45) is 1.20. The average molecular weight is 522 g/mol. The van der Waals surface area contributed by atoms with E-state index in [-0.39, 0.29) is 12.3 Å². The number of ether oxygens (including phenoxy) is 2. The van der Waals surface area contributed by atoms with Crippen LogP contribution in [0.5, 0.6) is 0 Å². The zero-order chi connectivity index (χ0) is 25.8. The predicted molar refractivity (Wildman–Crippen MR) is 136 cm³/mol. The van der Waals surface area contributed by atoms with E-state index < -0.39 is 35.5 Å². The van der Waals surface area contributed by atoms with Gasteiger partial charge in [-0.25, -0.2) is 9.59 Å². The molecule has 3 aliphatic heterocycles. The van der Waals surface area contributed by atoms with Gasteiger partial charge in [0.2, 0.25) is 6.41 Å². The summed E-state index contributed by atoms with van der Waals surface area (Å²) in [5.41, 5.74) is 2.13. The fourth-order valence-electron chi connectivity index (χ4n) is 4.76. The molecule has 0 spiro atoms. The largest absolute Gasteiger partial charge is 0.448 e. The second-order valence-corrected chi connectivity index (χ2v) is 10.1. The Balaban J connectivity index is 1.44. The zero-order valence-corrected chi connectivity index (χ0v) is 20.9. The van der Waals surface area contributed by atoms with E-state index in [1.807, 2.05) is 60.7 Å². The van der Waals surface area contributed by atoms with Crippen molar-refractivity contribution < 1.29 is 28.7 Å². The Morgan fingerprint density at radius 3 is 2.24 bits per heavy atom. The summed E-state index contributed by atoms with van der Waals surface area (Å²) >= 11 is 1.40. The van der Waals surface area contributed by atoms with Crippen LogP contribution in [0.3, 0.4) is 0 Å². The second kappa shape index (κ2) is 11.1. The number of fused-ring (bicyclic) bond motifs is 1. The van der Waals surface area contributed by atoms with Crippen LogP contribution in [0.15, 0.2) is 71.9 Å². The average Bonchev–Trinajstić information content (AvgIpc) is 3.49. The number of rotatable bonds is 8. The minimum atomic E-state index is -0.724. The number of hydrogen-bond donors (Lipinski definition) is 1. The highest BCUT2D eigenvalue weighted by atomic mass is 32.2. The fourth-order valence-corrected chi connectivity index (χ4v) is 6.10. The lowest BCUT2D eigenvalue weighted by molar-refractivity contribution is -0.154. The van der Waals surface area contributed by atoms with Crippen LogP contribution in [0.25, 0.3) is 0 Å². The Morgan fingerprint density at radius 2 is 1.65 bits per heavy atom. The van der Waals surface area contributed by atoms with Gasteiger partial charge in [-0.1, -0.05) is 60.7 Å². The van der Waals surface area contributed by atoms with Crippen LogP contribution in [-0.4, -0.2) is 71.0 Å². The maximum absolute atomic E-state index is 13.7. The molecule has 1 N–H and O–H groups in total. The standard InChI is InChI=1S/C27H27N3O6S/c31-17-28-21-24(32)30-22(20(16-37-25(21)30)15-35-27(34)29-13-7-8-14-29)26(33)36-23(18-9-3-1-4-10-18)19-11-5-2-6-12-19/h1-6,9-12,17,21,23,25H,7-8,13-16H2,(H,28,31)/t21-,25-/m1/s1. The molecule has 3 amide bonds. The van der Waals surface area contributed by atoms with Gasteiger partial charge in [-0.05, 0) is 24.0 Å². The number of thioether (sulfide) groups is 1. The Morgan fingerprint density at radius 1 is 1.03 bits per heavy atom. The molecule has 0 bridgehead atoms. The van der Waals surface area contributed by atoms with Crippen LogP contribution in [0.2, 0.25) is 0 Å². The molecular weight excluding hydrogens is 494 g/mol. The van der Waals surface area contributed by atoms with Crippen molar-refractivity contribution in [2.45, 2.75) is 30.4 Å². The number of hydrogen-bond acceptors (Lipinski definition) is 7. The SMILES string of the molecule is O=CN[C@@H]1C(=O)N2C(C(=O)OC(c3ccccc3)c3ccccc3)=C(COC(=O)N3CCCC3)CS[C@H]12. The van der Waals surface area contributed by atoms with E-state index in [9.17, 15) is 19.2 Å². The van der Waals surface area contributed by atoms with E-state index in [4.69, 9.17) is 9.47 Å². The number of nitrogens with zero attached hydrogens (tertiary/aromatic N) is 2. The third kappa shape index (κ3) is 5.06. The van der Waals surface area contributed by atoms with Crippen LogP contribution in [0, 0.1) is 0 Å². The van der Waals surface area contributed by atoms with E-state index in [0.29, 0.717) is 30.8 Å². The van der Waals surface area contributed by atoms with Gasteiger partial charge in [0.05, 0.1) is 0 Å². The van der Waals surface area contributed by atoms with Gasteiger partial charge in [0, 0.05) is 24.4 Å². The smallest absolute Gasteiger partial charge is 0.410 e. The number of likely N-dealkylation sites (tertiary alicyclic amines) is 1. The molecular formula is C27H27N3O6S. The predicted octanol–water partition coefficient (Wildman–Crippen LogP) is 2.84. The third-order valence-electron chi connectivity index (χ3n) is 6.65. The highest BCUT2D eigenvalue weighted by Crippen LogP contribution is 2.41. The van der Waals surface area contributed by atoms with E-state index in [1.54, 1.807) is 4.90 Å². The van der Waals surface area contributed by atoms with Crippen molar-refractivity contribution in [2.75, 3.05) is 25.4 Å². The highest BCUT2D eigenvalue weighted by molar-refractivity contribution is 8.00. The van der Waals surface area contributed by atoms with Gasteiger partial charge in [-0.2, -0.15) is 0 Å². The molecule has 2 aromatic carbocycles. The first kappa shape index (κ1) is 24.9. The minimum Gasteiger partial charge on any atom is -0.448 e. The summed E-state index contributed by atoms with van der Waals surface area (Å²) < 4.78 is 11.6. The van der Waals surface area contributed by atoms with Gasteiger partial charge < -0.3 is 19.7 Å². The molecule has 2 fully saturated rings. The van der Waals surface area contributed by atoms with Gasteiger partial charge in [0.15, 0.2) is 6.10 Å². The number of β-lactam (4-membered cyclic amide) rings is 1. The highest BCUT2D eigenvalue weighted by Gasteiger charge is 2.54. The lowest BCUT2D eigenvalue weighted by Gasteiger charge is -2.49. The van der Waals surface area contributed by atoms with Gasteiger partial charge >= 0.3 is 12.1 Å².